The molecule has 19 heavy (non-hydrogen) atoms. The molecule has 1 aromatic carbocycles. The molecule has 0 radical (unpaired) electrons. The Bertz CT molecular complexity index is 587. The van der Waals surface area contributed by atoms with Crippen LogP contribution in [-0.4, -0.2) is 24.8 Å². The van der Waals surface area contributed by atoms with Crippen LogP contribution in [0.4, 0.5) is 0 Å². The Kier molecular flexibility index (Phi) is 3.54. The number of halogens is 2. The van der Waals surface area contributed by atoms with Gasteiger partial charge in [-0.1, -0.05) is 29.6 Å². The third-order valence-corrected chi connectivity index (χ3v) is 6.80. The zero-order valence-corrected chi connectivity index (χ0v) is 12.7. The van der Waals surface area contributed by atoms with Gasteiger partial charge < -0.3 is 0 Å². The molecule has 0 amide bonds. The third kappa shape index (κ3) is 2.29. The molecule has 3 nitrogen and oxygen atoms in total. The van der Waals surface area contributed by atoms with Gasteiger partial charge in [-0.2, -0.15) is 4.31 Å². The van der Waals surface area contributed by atoms with E-state index in [9.17, 15) is 8.42 Å². The lowest BCUT2D eigenvalue weighted by Gasteiger charge is -2.33. The molecule has 0 spiro atoms. The fraction of sp³-hybridized carbons (Fsp3) is 0.538. The molecule has 0 N–H and O–H groups in total. The number of piperidine rings is 1. The highest BCUT2D eigenvalue weighted by Crippen LogP contribution is 2.41. The molecular weight excluding hydrogens is 305 g/mol. The first kappa shape index (κ1) is 13.7. The van der Waals surface area contributed by atoms with Crippen LogP contribution in [0.3, 0.4) is 0 Å². The van der Waals surface area contributed by atoms with Gasteiger partial charge in [0.05, 0.1) is 5.02 Å². The second-order valence-corrected chi connectivity index (χ2v) is 7.88. The SMILES string of the molecule is O=S(=O)(c1cc(Cl)ccc1Cl)N1C2CCCC1CC2. The summed E-state index contributed by atoms with van der Waals surface area (Å²) in [6.45, 7) is 0. The van der Waals surface area contributed by atoms with Crippen molar-refractivity contribution in [3.05, 3.63) is 28.2 Å². The van der Waals surface area contributed by atoms with Gasteiger partial charge in [0.2, 0.25) is 10.0 Å². The Morgan fingerprint density at radius 1 is 1.05 bits per heavy atom. The van der Waals surface area contributed by atoms with Crippen molar-refractivity contribution in [2.45, 2.75) is 49.1 Å². The van der Waals surface area contributed by atoms with Gasteiger partial charge in [-0.15, -0.1) is 0 Å². The lowest BCUT2D eigenvalue weighted by atomic mass is 10.1. The fourth-order valence-corrected chi connectivity index (χ4v) is 5.92. The van der Waals surface area contributed by atoms with Crippen molar-refractivity contribution in [3.8, 4) is 0 Å². The van der Waals surface area contributed by atoms with Crippen molar-refractivity contribution < 1.29 is 8.42 Å². The Morgan fingerprint density at radius 3 is 2.32 bits per heavy atom. The number of sulfonamides is 1. The van der Waals surface area contributed by atoms with Gasteiger partial charge in [0, 0.05) is 17.1 Å². The number of hydrogen-bond acceptors (Lipinski definition) is 2. The zero-order valence-electron chi connectivity index (χ0n) is 10.4. The molecule has 0 saturated carbocycles. The molecule has 2 aliphatic heterocycles. The quantitative estimate of drug-likeness (QED) is 0.833. The molecule has 2 bridgehead atoms. The largest absolute Gasteiger partial charge is 0.245 e. The van der Waals surface area contributed by atoms with E-state index in [1.807, 2.05) is 0 Å². The summed E-state index contributed by atoms with van der Waals surface area (Å²) in [5, 5.41) is 0.640. The van der Waals surface area contributed by atoms with Crippen molar-refractivity contribution in [1.29, 1.82) is 0 Å². The summed E-state index contributed by atoms with van der Waals surface area (Å²) < 4.78 is 27.3. The third-order valence-electron chi connectivity index (χ3n) is 4.08. The van der Waals surface area contributed by atoms with Crippen LogP contribution in [0.25, 0.3) is 0 Å². The average molecular weight is 320 g/mol. The first-order valence-electron chi connectivity index (χ1n) is 6.49. The molecule has 2 atom stereocenters. The molecule has 0 aromatic heterocycles. The van der Waals surface area contributed by atoms with E-state index in [1.54, 1.807) is 16.4 Å². The van der Waals surface area contributed by atoms with E-state index in [4.69, 9.17) is 23.2 Å². The zero-order chi connectivity index (χ0) is 13.6. The molecule has 3 rings (SSSR count). The molecule has 2 saturated heterocycles. The maximum Gasteiger partial charge on any atom is 0.245 e. The Labute approximate surface area is 123 Å². The van der Waals surface area contributed by atoms with E-state index >= 15 is 0 Å². The molecule has 1 aromatic rings. The van der Waals surface area contributed by atoms with Gasteiger partial charge in [0.15, 0.2) is 0 Å². The number of fused-ring (bicyclic) bond motifs is 2. The van der Waals surface area contributed by atoms with E-state index < -0.39 is 10.0 Å². The minimum atomic E-state index is -3.53. The topological polar surface area (TPSA) is 37.4 Å². The Balaban J connectivity index is 2.05. The normalized spacial score (nSPS) is 27.7. The van der Waals surface area contributed by atoms with Crippen LogP contribution in [0.15, 0.2) is 23.1 Å². The van der Waals surface area contributed by atoms with Crippen LogP contribution in [0.1, 0.15) is 32.1 Å². The first-order valence-corrected chi connectivity index (χ1v) is 8.68. The van der Waals surface area contributed by atoms with Gasteiger partial charge in [0.1, 0.15) is 4.90 Å². The smallest absolute Gasteiger partial charge is 0.207 e. The standard InChI is InChI=1S/C13H15Cl2NO2S/c14-9-4-7-12(15)13(8-9)19(17,18)16-10-2-1-3-11(16)6-5-10/h4,7-8,10-11H,1-3,5-6H2. The summed E-state index contributed by atoms with van der Waals surface area (Å²) in [5.41, 5.74) is 0. The van der Waals surface area contributed by atoms with Crippen molar-refractivity contribution >= 4 is 33.2 Å². The molecule has 2 heterocycles. The molecule has 6 heteroatoms. The minimum absolute atomic E-state index is 0.138. The summed E-state index contributed by atoms with van der Waals surface area (Å²) in [7, 11) is -3.53. The Hall–Kier alpha value is -0.290. The van der Waals surface area contributed by atoms with Gasteiger partial charge in [-0.25, -0.2) is 8.42 Å². The van der Waals surface area contributed by atoms with Gasteiger partial charge in [0.25, 0.3) is 0 Å². The van der Waals surface area contributed by atoms with Crippen LogP contribution in [0, 0.1) is 0 Å². The lowest BCUT2D eigenvalue weighted by Crippen LogP contribution is -2.43. The van der Waals surface area contributed by atoms with Gasteiger partial charge in [-0.05, 0) is 43.9 Å². The predicted molar refractivity (Wildman–Crippen MR) is 76.1 cm³/mol. The van der Waals surface area contributed by atoms with Crippen LogP contribution in [-0.2, 0) is 10.0 Å². The highest BCUT2D eigenvalue weighted by atomic mass is 35.5. The number of nitrogens with zero attached hydrogens (tertiary/aromatic N) is 1. The molecular formula is C13H15Cl2NO2S. The average Bonchev–Trinajstić information content (AvgIpc) is 2.64. The van der Waals surface area contributed by atoms with Crippen molar-refractivity contribution in [1.82, 2.24) is 4.31 Å². The molecule has 104 valence electrons. The second-order valence-electron chi connectivity index (χ2n) is 5.23. The maximum absolute atomic E-state index is 12.8. The van der Waals surface area contributed by atoms with E-state index in [2.05, 4.69) is 0 Å². The van der Waals surface area contributed by atoms with Crippen LogP contribution >= 0.6 is 23.2 Å². The second kappa shape index (κ2) is 4.92. The van der Waals surface area contributed by atoms with Gasteiger partial charge in [-0.3, -0.25) is 0 Å². The van der Waals surface area contributed by atoms with E-state index in [1.165, 1.54) is 6.07 Å². The molecule has 0 aliphatic carbocycles. The molecule has 2 aliphatic rings. The summed E-state index contributed by atoms with van der Waals surface area (Å²) in [4.78, 5) is 0.139. The summed E-state index contributed by atoms with van der Waals surface area (Å²) in [6, 6.07) is 4.88. The summed E-state index contributed by atoms with van der Waals surface area (Å²) in [5.74, 6) is 0. The molecule has 2 unspecified atom stereocenters. The minimum Gasteiger partial charge on any atom is -0.207 e. The van der Waals surface area contributed by atoms with Crippen molar-refractivity contribution in [2.24, 2.45) is 0 Å². The highest BCUT2D eigenvalue weighted by molar-refractivity contribution is 7.89. The van der Waals surface area contributed by atoms with E-state index in [0.717, 1.165) is 32.1 Å². The maximum atomic E-state index is 12.8. The number of hydrogen-bond donors (Lipinski definition) is 0. The number of benzene rings is 1. The van der Waals surface area contributed by atoms with Crippen LogP contribution in [0.2, 0.25) is 10.0 Å². The predicted octanol–water partition coefficient (Wildman–Crippen LogP) is 3.70. The van der Waals surface area contributed by atoms with E-state index in [-0.39, 0.29) is 22.0 Å². The fourth-order valence-electron chi connectivity index (χ4n) is 3.25. The van der Waals surface area contributed by atoms with Gasteiger partial charge >= 0.3 is 0 Å². The highest BCUT2D eigenvalue weighted by Gasteiger charge is 2.44. The first-order chi connectivity index (χ1) is 9.00. The van der Waals surface area contributed by atoms with Crippen molar-refractivity contribution in [2.75, 3.05) is 0 Å². The van der Waals surface area contributed by atoms with Crippen LogP contribution < -0.4 is 0 Å². The monoisotopic (exact) mass is 319 g/mol. The summed E-state index contributed by atoms with van der Waals surface area (Å²) in [6.07, 6.45) is 4.94. The molecule has 2 fully saturated rings. The summed E-state index contributed by atoms with van der Waals surface area (Å²) >= 11 is 12.0. The number of rotatable bonds is 2. The van der Waals surface area contributed by atoms with Crippen LogP contribution in [0.5, 0.6) is 0 Å². The van der Waals surface area contributed by atoms with Crippen molar-refractivity contribution in [3.63, 3.8) is 0 Å². The lowest BCUT2D eigenvalue weighted by molar-refractivity contribution is 0.248. The van der Waals surface area contributed by atoms with E-state index in [0.29, 0.717) is 5.02 Å². The Morgan fingerprint density at radius 2 is 1.68 bits per heavy atom.